The number of hydrogen-bond donors (Lipinski definition) is 1. The summed E-state index contributed by atoms with van der Waals surface area (Å²) in [5.74, 6) is 0.556. The molecule has 110 valence electrons. The summed E-state index contributed by atoms with van der Waals surface area (Å²) in [6, 6.07) is 1.26. The molecule has 0 aliphatic carbocycles. The van der Waals surface area contributed by atoms with Crippen LogP contribution in [-0.4, -0.2) is 41.4 Å². The Morgan fingerprint density at radius 1 is 1.55 bits per heavy atom. The van der Waals surface area contributed by atoms with Crippen molar-refractivity contribution in [2.75, 3.05) is 26.0 Å². The van der Waals surface area contributed by atoms with Gasteiger partial charge in [0.15, 0.2) is 0 Å². The van der Waals surface area contributed by atoms with E-state index in [-0.39, 0.29) is 17.2 Å². The number of nitro groups is 1. The van der Waals surface area contributed by atoms with Gasteiger partial charge in [-0.25, -0.2) is 4.98 Å². The van der Waals surface area contributed by atoms with Crippen LogP contribution < -0.4 is 5.32 Å². The zero-order valence-corrected chi connectivity index (χ0v) is 12.2. The van der Waals surface area contributed by atoms with E-state index in [9.17, 15) is 14.9 Å². The van der Waals surface area contributed by atoms with E-state index in [2.05, 4.69) is 24.1 Å². The Morgan fingerprint density at radius 3 is 2.70 bits per heavy atom. The summed E-state index contributed by atoms with van der Waals surface area (Å²) >= 11 is 0. The van der Waals surface area contributed by atoms with Crippen LogP contribution in [0.2, 0.25) is 0 Å². The van der Waals surface area contributed by atoms with Crippen molar-refractivity contribution >= 4 is 17.4 Å². The number of nitrogens with zero attached hydrogens (tertiary/aromatic N) is 3. The molecule has 0 unspecified atom stereocenters. The Labute approximate surface area is 118 Å². The van der Waals surface area contributed by atoms with Crippen molar-refractivity contribution in [3.8, 4) is 0 Å². The number of carbonyl (C=O) groups is 1. The fraction of sp³-hybridized carbons (Fsp3) is 0.538. The molecule has 0 aromatic carbocycles. The van der Waals surface area contributed by atoms with Crippen molar-refractivity contribution in [1.82, 2.24) is 9.88 Å². The molecule has 0 radical (unpaired) electrons. The topological polar surface area (TPSA) is 88.4 Å². The summed E-state index contributed by atoms with van der Waals surface area (Å²) in [6.45, 7) is 4.75. The highest BCUT2D eigenvalue weighted by Gasteiger charge is 2.20. The van der Waals surface area contributed by atoms with Crippen molar-refractivity contribution in [2.24, 2.45) is 5.92 Å². The summed E-state index contributed by atoms with van der Waals surface area (Å²) in [7, 11) is 3.31. The van der Waals surface area contributed by atoms with Crippen LogP contribution in [0.5, 0.6) is 0 Å². The van der Waals surface area contributed by atoms with E-state index in [1.165, 1.54) is 6.07 Å². The van der Waals surface area contributed by atoms with E-state index >= 15 is 0 Å². The highest BCUT2D eigenvalue weighted by molar-refractivity contribution is 5.99. The molecule has 20 heavy (non-hydrogen) atoms. The smallest absolute Gasteiger partial charge is 0.288 e. The molecule has 1 rings (SSSR count). The summed E-state index contributed by atoms with van der Waals surface area (Å²) in [5.41, 5.74) is 0.0255. The molecule has 0 saturated heterocycles. The van der Waals surface area contributed by atoms with Crippen molar-refractivity contribution < 1.29 is 9.72 Å². The van der Waals surface area contributed by atoms with Crippen LogP contribution in [0.15, 0.2) is 12.3 Å². The predicted molar refractivity (Wildman–Crippen MR) is 76.9 cm³/mol. The Morgan fingerprint density at radius 2 is 2.20 bits per heavy atom. The van der Waals surface area contributed by atoms with Gasteiger partial charge in [0, 0.05) is 26.7 Å². The van der Waals surface area contributed by atoms with Crippen LogP contribution in [0.3, 0.4) is 0 Å². The zero-order valence-electron chi connectivity index (χ0n) is 12.2. The normalized spacial score (nSPS) is 10.4. The molecule has 0 aliphatic heterocycles. The molecule has 7 nitrogen and oxygen atoms in total. The maximum absolute atomic E-state index is 12.3. The summed E-state index contributed by atoms with van der Waals surface area (Å²) in [5, 5.41) is 13.6. The maximum Gasteiger partial charge on any atom is 0.288 e. The second-order valence-corrected chi connectivity index (χ2v) is 5.01. The van der Waals surface area contributed by atoms with Gasteiger partial charge >= 0.3 is 0 Å². The number of hydrogen-bond acceptors (Lipinski definition) is 5. The quantitative estimate of drug-likeness (QED) is 0.637. The standard InChI is InChI=1S/C13H20N4O3/c1-9(2)5-6-16(4)13(18)11-7-10(17(19)20)8-15-12(11)14-3/h7-9H,5-6H2,1-4H3,(H,14,15). The molecule has 0 bridgehead atoms. The molecule has 0 saturated carbocycles. The van der Waals surface area contributed by atoms with Gasteiger partial charge in [0.1, 0.15) is 12.0 Å². The molecular weight excluding hydrogens is 260 g/mol. The number of rotatable bonds is 6. The SMILES string of the molecule is CNc1ncc([N+](=O)[O-])cc1C(=O)N(C)CCC(C)C. The second kappa shape index (κ2) is 6.83. The molecule has 1 N–H and O–H groups in total. The first-order valence-corrected chi connectivity index (χ1v) is 6.44. The molecule has 7 heteroatoms. The van der Waals surface area contributed by atoms with E-state index in [4.69, 9.17) is 0 Å². The van der Waals surface area contributed by atoms with Gasteiger partial charge in [-0.3, -0.25) is 14.9 Å². The van der Waals surface area contributed by atoms with Gasteiger partial charge < -0.3 is 10.2 Å². The second-order valence-electron chi connectivity index (χ2n) is 5.01. The van der Waals surface area contributed by atoms with Crippen LogP contribution >= 0.6 is 0 Å². The average molecular weight is 280 g/mol. The summed E-state index contributed by atoms with van der Waals surface area (Å²) in [4.78, 5) is 28.0. The van der Waals surface area contributed by atoms with Gasteiger partial charge in [-0.15, -0.1) is 0 Å². The van der Waals surface area contributed by atoms with E-state index < -0.39 is 4.92 Å². The minimum atomic E-state index is -0.558. The minimum absolute atomic E-state index is 0.190. The molecule has 1 aromatic rings. The first-order chi connectivity index (χ1) is 9.36. The van der Waals surface area contributed by atoms with E-state index in [0.29, 0.717) is 18.3 Å². The van der Waals surface area contributed by atoms with E-state index in [1.54, 1.807) is 19.0 Å². The van der Waals surface area contributed by atoms with Crippen LogP contribution in [0, 0.1) is 16.0 Å². The number of nitrogens with one attached hydrogen (secondary N) is 1. The molecule has 0 aliphatic rings. The third-order valence-corrected chi connectivity index (χ3v) is 2.94. The molecule has 0 fully saturated rings. The summed E-state index contributed by atoms with van der Waals surface area (Å²) in [6.07, 6.45) is 2.01. The number of amides is 1. The molecular formula is C13H20N4O3. The Bertz CT molecular complexity index is 502. The first kappa shape index (κ1) is 15.9. The van der Waals surface area contributed by atoms with Crippen molar-refractivity contribution in [3.63, 3.8) is 0 Å². The van der Waals surface area contributed by atoms with Crippen LogP contribution in [0.25, 0.3) is 0 Å². The van der Waals surface area contributed by atoms with Crippen molar-refractivity contribution in [2.45, 2.75) is 20.3 Å². The zero-order chi connectivity index (χ0) is 15.3. The fourth-order valence-electron chi connectivity index (χ4n) is 1.67. The van der Waals surface area contributed by atoms with Gasteiger partial charge in [0.05, 0.1) is 10.5 Å². The Kier molecular flexibility index (Phi) is 5.42. The fourth-order valence-corrected chi connectivity index (χ4v) is 1.67. The molecule has 1 amide bonds. The lowest BCUT2D eigenvalue weighted by Gasteiger charge is -2.19. The molecule has 0 atom stereocenters. The average Bonchev–Trinajstić information content (AvgIpc) is 2.42. The Hall–Kier alpha value is -2.18. The maximum atomic E-state index is 12.3. The minimum Gasteiger partial charge on any atom is -0.372 e. The van der Waals surface area contributed by atoms with Gasteiger partial charge in [0.25, 0.3) is 11.6 Å². The number of pyridine rings is 1. The summed E-state index contributed by atoms with van der Waals surface area (Å²) < 4.78 is 0. The van der Waals surface area contributed by atoms with Gasteiger partial charge in [-0.1, -0.05) is 13.8 Å². The van der Waals surface area contributed by atoms with Gasteiger partial charge in [-0.2, -0.15) is 0 Å². The molecule has 0 spiro atoms. The van der Waals surface area contributed by atoms with Crippen LogP contribution in [0.1, 0.15) is 30.6 Å². The van der Waals surface area contributed by atoms with Crippen LogP contribution in [-0.2, 0) is 0 Å². The lowest BCUT2D eigenvalue weighted by atomic mass is 10.1. The highest BCUT2D eigenvalue weighted by Crippen LogP contribution is 2.20. The van der Waals surface area contributed by atoms with Gasteiger partial charge in [-0.05, 0) is 12.3 Å². The number of aromatic nitrogens is 1. The molecule has 1 aromatic heterocycles. The largest absolute Gasteiger partial charge is 0.372 e. The number of carbonyl (C=O) groups excluding carboxylic acids is 1. The van der Waals surface area contributed by atoms with Crippen molar-refractivity contribution in [3.05, 3.63) is 27.9 Å². The van der Waals surface area contributed by atoms with E-state index in [1.807, 2.05) is 0 Å². The Balaban J connectivity index is 3.00. The lowest BCUT2D eigenvalue weighted by molar-refractivity contribution is -0.385. The monoisotopic (exact) mass is 280 g/mol. The molecule has 1 heterocycles. The van der Waals surface area contributed by atoms with Gasteiger partial charge in [0.2, 0.25) is 0 Å². The third kappa shape index (κ3) is 3.91. The van der Waals surface area contributed by atoms with Crippen LogP contribution in [0.4, 0.5) is 11.5 Å². The third-order valence-electron chi connectivity index (χ3n) is 2.94. The first-order valence-electron chi connectivity index (χ1n) is 6.44. The van der Waals surface area contributed by atoms with Crippen molar-refractivity contribution in [1.29, 1.82) is 0 Å². The lowest BCUT2D eigenvalue weighted by Crippen LogP contribution is -2.29. The highest BCUT2D eigenvalue weighted by atomic mass is 16.6. The van der Waals surface area contributed by atoms with E-state index in [0.717, 1.165) is 12.6 Å². The predicted octanol–water partition coefficient (Wildman–Crippen LogP) is 2.15. The number of anilines is 1.